The number of hydrogen-bond acceptors (Lipinski definition) is 3. The minimum atomic E-state index is -4.49. The third-order valence-corrected chi connectivity index (χ3v) is 6.45. The second-order valence-electron chi connectivity index (χ2n) is 7.81. The Balaban J connectivity index is 1.80. The van der Waals surface area contributed by atoms with E-state index in [-0.39, 0.29) is 10.4 Å². The standard InChI is InChI=1S/C25H20F3NO2S/c1-16-15-29-24-21(10-5-11-22(24)25(26,27)28)23(16)19-8-3-6-17(13-19)12-18-7-4-9-20(14-18)32(2,30)31/h3-11,13-15H,12H2,1-2H3. The van der Waals surface area contributed by atoms with Crippen LogP contribution in [0.3, 0.4) is 0 Å². The van der Waals surface area contributed by atoms with Crippen LogP contribution < -0.4 is 0 Å². The molecule has 0 aliphatic heterocycles. The monoisotopic (exact) mass is 455 g/mol. The lowest BCUT2D eigenvalue weighted by molar-refractivity contribution is -0.136. The first-order chi connectivity index (χ1) is 15.0. The molecule has 0 unspecified atom stereocenters. The molecule has 1 heterocycles. The molecule has 0 radical (unpaired) electrons. The Bertz CT molecular complexity index is 1430. The first-order valence-electron chi connectivity index (χ1n) is 9.88. The lowest BCUT2D eigenvalue weighted by Gasteiger charge is -2.15. The van der Waals surface area contributed by atoms with Gasteiger partial charge in [-0.2, -0.15) is 13.2 Å². The minimum Gasteiger partial charge on any atom is -0.255 e. The van der Waals surface area contributed by atoms with E-state index in [1.807, 2.05) is 37.3 Å². The molecule has 3 aromatic carbocycles. The molecule has 4 aromatic rings. The van der Waals surface area contributed by atoms with E-state index in [4.69, 9.17) is 0 Å². The Hall–Kier alpha value is -3.19. The summed E-state index contributed by atoms with van der Waals surface area (Å²) in [6, 6.07) is 18.4. The Morgan fingerprint density at radius 1 is 0.906 bits per heavy atom. The number of sulfone groups is 1. The summed E-state index contributed by atoms with van der Waals surface area (Å²) in [5, 5.41) is 0.441. The van der Waals surface area contributed by atoms with Gasteiger partial charge in [0.05, 0.1) is 16.0 Å². The first-order valence-corrected chi connectivity index (χ1v) is 11.8. The Labute approximate surface area is 184 Å². The number of hydrogen-bond donors (Lipinski definition) is 0. The van der Waals surface area contributed by atoms with Crippen molar-refractivity contribution in [3.63, 3.8) is 0 Å². The van der Waals surface area contributed by atoms with Crippen LogP contribution in [-0.2, 0) is 22.4 Å². The Morgan fingerprint density at radius 2 is 1.56 bits per heavy atom. The molecule has 0 N–H and O–H groups in total. The molecule has 0 saturated heterocycles. The topological polar surface area (TPSA) is 47.0 Å². The summed E-state index contributed by atoms with van der Waals surface area (Å²) in [6.07, 6.45) is -1.37. The summed E-state index contributed by atoms with van der Waals surface area (Å²) < 4.78 is 64.2. The van der Waals surface area contributed by atoms with Crippen molar-refractivity contribution in [1.82, 2.24) is 4.98 Å². The highest BCUT2D eigenvalue weighted by molar-refractivity contribution is 7.90. The van der Waals surface area contributed by atoms with Crippen LogP contribution in [0.25, 0.3) is 22.0 Å². The molecule has 1 aromatic heterocycles. The molecule has 7 heteroatoms. The summed E-state index contributed by atoms with van der Waals surface area (Å²) in [5.74, 6) is 0. The highest BCUT2D eigenvalue weighted by atomic mass is 32.2. The van der Waals surface area contributed by atoms with E-state index in [1.165, 1.54) is 18.5 Å². The van der Waals surface area contributed by atoms with E-state index in [0.717, 1.165) is 28.3 Å². The molecule has 4 rings (SSSR count). The van der Waals surface area contributed by atoms with E-state index in [0.29, 0.717) is 17.4 Å². The van der Waals surface area contributed by atoms with Crippen LogP contribution in [-0.4, -0.2) is 19.7 Å². The summed E-state index contributed by atoms with van der Waals surface area (Å²) in [7, 11) is -3.31. The van der Waals surface area contributed by atoms with Gasteiger partial charge in [0, 0.05) is 17.8 Å². The quantitative estimate of drug-likeness (QED) is 0.367. The van der Waals surface area contributed by atoms with Crippen LogP contribution >= 0.6 is 0 Å². The van der Waals surface area contributed by atoms with Gasteiger partial charge in [-0.25, -0.2) is 8.42 Å². The average molecular weight is 456 g/mol. The molecule has 0 atom stereocenters. The predicted molar refractivity (Wildman–Crippen MR) is 119 cm³/mol. The van der Waals surface area contributed by atoms with Crippen molar-refractivity contribution in [1.29, 1.82) is 0 Å². The molecular weight excluding hydrogens is 435 g/mol. The normalized spacial score (nSPS) is 12.3. The second-order valence-corrected chi connectivity index (χ2v) is 9.83. The van der Waals surface area contributed by atoms with Crippen molar-refractivity contribution in [2.45, 2.75) is 24.4 Å². The Kier molecular flexibility index (Phi) is 5.54. The maximum Gasteiger partial charge on any atom is 0.418 e. The third kappa shape index (κ3) is 4.39. The fourth-order valence-electron chi connectivity index (χ4n) is 3.89. The number of benzene rings is 3. The number of pyridine rings is 1. The number of alkyl halides is 3. The van der Waals surface area contributed by atoms with Crippen LogP contribution in [0.1, 0.15) is 22.3 Å². The van der Waals surface area contributed by atoms with Crippen LogP contribution in [0.4, 0.5) is 13.2 Å². The lowest BCUT2D eigenvalue weighted by Crippen LogP contribution is -2.07. The molecule has 0 aliphatic carbocycles. The number of halogens is 3. The largest absolute Gasteiger partial charge is 0.418 e. The van der Waals surface area contributed by atoms with E-state index in [9.17, 15) is 21.6 Å². The van der Waals surface area contributed by atoms with Gasteiger partial charge in [-0.05, 0) is 59.4 Å². The van der Waals surface area contributed by atoms with Crippen molar-refractivity contribution in [2.24, 2.45) is 0 Å². The molecular formula is C25H20F3NO2S. The summed E-state index contributed by atoms with van der Waals surface area (Å²) in [4.78, 5) is 4.33. The summed E-state index contributed by atoms with van der Waals surface area (Å²) >= 11 is 0. The molecule has 3 nitrogen and oxygen atoms in total. The number of fused-ring (bicyclic) bond motifs is 1. The number of nitrogens with zero attached hydrogens (tertiary/aromatic N) is 1. The van der Waals surface area contributed by atoms with Gasteiger partial charge in [0.2, 0.25) is 0 Å². The molecule has 0 amide bonds. The number of aryl methyl sites for hydroxylation is 1. The maximum atomic E-state index is 13.5. The molecule has 0 fully saturated rings. The molecule has 0 bridgehead atoms. The number of rotatable bonds is 4. The smallest absolute Gasteiger partial charge is 0.255 e. The van der Waals surface area contributed by atoms with E-state index in [2.05, 4.69) is 4.98 Å². The average Bonchev–Trinajstić information content (AvgIpc) is 2.72. The fourth-order valence-corrected chi connectivity index (χ4v) is 4.58. The highest BCUT2D eigenvalue weighted by Crippen LogP contribution is 2.38. The number of aromatic nitrogens is 1. The van der Waals surface area contributed by atoms with Gasteiger partial charge in [-0.15, -0.1) is 0 Å². The van der Waals surface area contributed by atoms with Crippen molar-refractivity contribution in [2.75, 3.05) is 6.26 Å². The van der Waals surface area contributed by atoms with Gasteiger partial charge in [0.15, 0.2) is 9.84 Å². The Morgan fingerprint density at radius 3 is 2.25 bits per heavy atom. The SMILES string of the molecule is Cc1cnc2c(C(F)(F)F)cccc2c1-c1cccc(Cc2cccc(S(C)(=O)=O)c2)c1. The third-order valence-electron chi connectivity index (χ3n) is 5.34. The lowest BCUT2D eigenvalue weighted by atomic mass is 9.93. The summed E-state index contributed by atoms with van der Waals surface area (Å²) in [6.45, 7) is 1.82. The molecule has 0 saturated carbocycles. The molecule has 32 heavy (non-hydrogen) atoms. The zero-order valence-corrected chi connectivity index (χ0v) is 18.3. The summed E-state index contributed by atoms with van der Waals surface area (Å²) in [5.41, 5.74) is 3.17. The van der Waals surface area contributed by atoms with E-state index >= 15 is 0 Å². The highest BCUT2D eigenvalue weighted by Gasteiger charge is 2.33. The van der Waals surface area contributed by atoms with Crippen LogP contribution in [0, 0.1) is 6.92 Å². The maximum absolute atomic E-state index is 13.5. The van der Waals surface area contributed by atoms with E-state index < -0.39 is 21.6 Å². The van der Waals surface area contributed by atoms with Crippen LogP contribution in [0.2, 0.25) is 0 Å². The van der Waals surface area contributed by atoms with Crippen LogP contribution in [0.15, 0.2) is 77.8 Å². The van der Waals surface area contributed by atoms with Gasteiger partial charge < -0.3 is 0 Å². The van der Waals surface area contributed by atoms with E-state index in [1.54, 1.807) is 24.3 Å². The van der Waals surface area contributed by atoms with Crippen molar-refractivity contribution < 1.29 is 21.6 Å². The minimum absolute atomic E-state index is 0.0770. The van der Waals surface area contributed by atoms with Crippen molar-refractivity contribution >= 4 is 20.7 Å². The van der Waals surface area contributed by atoms with Gasteiger partial charge in [0.25, 0.3) is 0 Å². The van der Waals surface area contributed by atoms with Gasteiger partial charge in [0.1, 0.15) is 0 Å². The van der Waals surface area contributed by atoms with Gasteiger partial charge in [-0.3, -0.25) is 4.98 Å². The zero-order valence-electron chi connectivity index (χ0n) is 17.4. The first kappa shape index (κ1) is 22.0. The van der Waals surface area contributed by atoms with Crippen molar-refractivity contribution in [3.05, 3.63) is 95.2 Å². The second kappa shape index (κ2) is 8.06. The fraction of sp³-hybridized carbons (Fsp3) is 0.160. The van der Waals surface area contributed by atoms with Crippen LogP contribution in [0.5, 0.6) is 0 Å². The van der Waals surface area contributed by atoms with Crippen molar-refractivity contribution in [3.8, 4) is 11.1 Å². The number of para-hydroxylation sites is 1. The zero-order chi connectivity index (χ0) is 23.1. The molecule has 0 spiro atoms. The predicted octanol–water partition coefficient (Wildman–Crippen LogP) is 6.22. The molecule has 0 aliphatic rings. The van der Waals surface area contributed by atoms with Gasteiger partial charge >= 0.3 is 6.18 Å². The van der Waals surface area contributed by atoms with Gasteiger partial charge in [-0.1, -0.05) is 48.5 Å². The molecule has 164 valence electrons.